The van der Waals surface area contributed by atoms with Gasteiger partial charge in [0.1, 0.15) is 0 Å². The van der Waals surface area contributed by atoms with Gasteiger partial charge >= 0.3 is 0 Å². The molecule has 1 aromatic carbocycles. The Balaban J connectivity index is 2.48. The molecular formula is C13H17ClN2S. The van der Waals surface area contributed by atoms with Gasteiger partial charge in [-0.05, 0) is 36.3 Å². The van der Waals surface area contributed by atoms with Gasteiger partial charge in [0.05, 0.1) is 11.0 Å². The van der Waals surface area contributed by atoms with Crippen molar-refractivity contribution in [3.63, 3.8) is 0 Å². The molecule has 0 radical (unpaired) electrons. The van der Waals surface area contributed by atoms with Crippen molar-refractivity contribution >= 4 is 34.9 Å². The summed E-state index contributed by atoms with van der Waals surface area (Å²) < 4.78 is 2.95. The van der Waals surface area contributed by atoms with Crippen molar-refractivity contribution in [1.29, 1.82) is 0 Å². The first-order chi connectivity index (χ1) is 8.15. The van der Waals surface area contributed by atoms with Crippen LogP contribution in [-0.4, -0.2) is 9.55 Å². The van der Waals surface area contributed by atoms with E-state index in [4.69, 9.17) is 23.8 Å². The Morgan fingerprint density at radius 3 is 2.71 bits per heavy atom. The van der Waals surface area contributed by atoms with E-state index in [1.54, 1.807) is 0 Å². The predicted octanol–water partition coefficient (Wildman–Crippen LogP) is 4.79. The summed E-state index contributed by atoms with van der Waals surface area (Å²) >= 11 is 11.4. The van der Waals surface area contributed by atoms with Crippen LogP contribution in [0, 0.1) is 10.7 Å². The number of nitrogens with one attached hydrogen (secondary N) is 1. The number of aromatic nitrogens is 2. The van der Waals surface area contributed by atoms with Gasteiger partial charge in [-0.2, -0.15) is 0 Å². The van der Waals surface area contributed by atoms with Gasteiger partial charge in [-0.1, -0.05) is 38.3 Å². The summed E-state index contributed by atoms with van der Waals surface area (Å²) in [6.07, 6.45) is 2.34. The van der Waals surface area contributed by atoms with E-state index < -0.39 is 0 Å². The molecule has 0 saturated carbocycles. The lowest BCUT2D eigenvalue weighted by Gasteiger charge is -2.13. The molecule has 1 aromatic heterocycles. The second-order valence-electron chi connectivity index (χ2n) is 4.38. The van der Waals surface area contributed by atoms with Gasteiger partial charge in [0, 0.05) is 11.6 Å². The van der Waals surface area contributed by atoms with Gasteiger partial charge < -0.3 is 9.55 Å². The highest BCUT2D eigenvalue weighted by Crippen LogP contribution is 2.21. The number of fused-ring (bicyclic) bond motifs is 1. The number of rotatable bonds is 4. The lowest BCUT2D eigenvalue weighted by molar-refractivity contribution is 0.422. The Labute approximate surface area is 112 Å². The molecule has 2 nitrogen and oxygen atoms in total. The molecule has 0 spiro atoms. The molecular weight excluding hydrogens is 252 g/mol. The third-order valence-electron chi connectivity index (χ3n) is 3.33. The third kappa shape index (κ3) is 2.55. The van der Waals surface area contributed by atoms with E-state index in [-0.39, 0.29) is 0 Å². The van der Waals surface area contributed by atoms with Gasteiger partial charge in [0.15, 0.2) is 4.77 Å². The van der Waals surface area contributed by atoms with Crippen molar-refractivity contribution in [1.82, 2.24) is 9.55 Å². The molecule has 2 rings (SSSR count). The highest BCUT2D eigenvalue weighted by molar-refractivity contribution is 7.71. The smallest absolute Gasteiger partial charge is 0.178 e. The van der Waals surface area contributed by atoms with Crippen LogP contribution in [0.4, 0.5) is 0 Å². The fourth-order valence-corrected chi connectivity index (χ4v) is 2.56. The van der Waals surface area contributed by atoms with Crippen molar-refractivity contribution in [2.75, 3.05) is 0 Å². The standard InChI is InChI=1S/C13H17ClN2S/c1-3-9(4-2)8-16-12-7-10(14)5-6-11(12)15-13(16)17/h5-7,9H,3-4,8H2,1-2H3,(H,15,17). The summed E-state index contributed by atoms with van der Waals surface area (Å²) in [6.45, 7) is 5.41. The maximum Gasteiger partial charge on any atom is 0.178 e. The van der Waals surface area contributed by atoms with Gasteiger partial charge in [-0.3, -0.25) is 0 Å². The van der Waals surface area contributed by atoms with Crippen molar-refractivity contribution in [3.8, 4) is 0 Å². The lowest BCUT2D eigenvalue weighted by atomic mass is 10.0. The summed E-state index contributed by atoms with van der Waals surface area (Å²) in [5.74, 6) is 0.666. The Kier molecular flexibility index (Phi) is 3.89. The Bertz CT molecular complexity index is 566. The van der Waals surface area contributed by atoms with E-state index in [1.165, 1.54) is 12.8 Å². The normalized spacial score (nSPS) is 11.5. The fraction of sp³-hybridized carbons (Fsp3) is 0.462. The summed E-state index contributed by atoms with van der Waals surface area (Å²) in [7, 11) is 0. The van der Waals surface area contributed by atoms with Gasteiger partial charge in [-0.15, -0.1) is 0 Å². The summed E-state index contributed by atoms with van der Waals surface area (Å²) in [5.41, 5.74) is 2.17. The SMILES string of the molecule is CCC(CC)Cn1c(=S)[nH]c2ccc(Cl)cc21. The van der Waals surface area contributed by atoms with Crippen LogP contribution in [-0.2, 0) is 6.54 Å². The maximum absolute atomic E-state index is 6.04. The van der Waals surface area contributed by atoms with E-state index in [2.05, 4.69) is 23.4 Å². The quantitative estimate of drug-likeness (QED) is 0.791. The van der Waals surface area contributed by atoms with Gasteiger partial charge in [0.25, 0.3) is 0 Å². The van der Waals surface area contributed by atoms with Crippen molar-refractivity contribution in [2.45, 2.75) is 33.2 Å². The molecule has 0 aliphatic heterocycles. The van der Waals surface area contributed by atoms with Crippen LogP contribution >= 0.6 is 23.8 Å². The number of halogens is 1. The first-order valence-electron chi connectivity index (χ1n) is 6.03. The zero-order chi connectivity index (χ0) is 12.4. The van der Waals surface area contributed by atoms with E-state index in [9.17, 15) is 0 Å². The Morgan fingerprint density at radius 1 is 1.35 bits per heavy atom. The van der Waals surface area contributed by atoms with Crippen LogP contribution in [0.1, 0.15) is 26.7 Å². The second-order valence-corrected chi connectivity index (χ2v) is 5.21. The molecule has 92 valence electrons. The fourth-order valence-electron chi connectivity index (χ4n) is 2.11. The molecule has 1 N–H and O–H groups in total. The topological polar surface area (TPSA) is 20.7 Å². The Morgan fingerprint density at radius 2 is 2.06 bits per heavy atom. The largest absolute Gasteiger partial charge is 0.331 e. The number of H-pyrrole nitrogens is 1. The number of hydrogen-bond donors (Lipinski definition) is 1. The van der Waals surface area contributed by atoms with Gasteiger partial charge in [0.2, 0.25) is 0 Å². The van der Waals surface area contributed by atoms with E-state index >= 15 is 0 Å². The van der Waals surface area contributed by atoms with Crippen LogP contribution < -0.4 is 0 Å². The van der Waals surface area contributed by atoms with E-state index in [0.717, 1.165) is 27.4 Å². The molecule has 2 aromatic rings. The van der Waals surface area contributed by atoms with Crippen LogP contribution in [0.15, 0.2) is 18.2 Å². The maximum atomic E-state index is 6.04. The molecule has 0 saturated heterocycles. The average molecular weight is 269 g/mol. The van der Waals surface area contributed by atoms with Gasteiger partial charge in [-0.25, -0.2) is 0 Å². The summed E-state index contributed by atoms with van der Waals surface area (Å²) in [5, 5.41) is 0.754. The highest BCUT2D eigenvalue weighted by atomic mass is 35.5. The molecule has 0 fully saturated rings. The average Bonchev–Trinajstić information content (AvgIpc) is 2.62. The zero-order valence-electron chi connectivity index (χ0n) is 10.2. The molecule has 0 unspecified atom stereocenters. The summed E-state index contributed by atoms with van der Waals surface area (Å²) in [4.78, 5) is 3.23. The molecule has 0 bridgehead atoms. The Hall–Kier alpha value is -0.800. The predicted molar refractivity (Wildman–Crippen MR) is 76.2 cm³/mol. The molecule has 1 heterocycles. The zero-order valence-corrected chi connectivity index (χ0v) is 11.7. The lowest BCUT2D eigenvalue weighted by Crippen LogP contribution is -2.09. The molecule has 4 heteroatoms. The van der Waals surface area contributed by atoms with Crippen LogP contribution in [0.25, 0.3) is 11.0 Å². The highest BCUT2D eigenvalue weighted by Gasteiger charge is 2.09. The second kappa shape index (κ2) is 5.23. The van der Waals surface area contributed by atoms with E-state index in [0.29, 0.717) is 5.92 Å². The number of nitrogens with zero attached hydrogens (tertiary/aromatic N) is 1. The molecule has 0 aliphatic carbocycles. The molecule has 17 heavy (non-hydrogen) atoms. The third-order valence-corrected chi connectivity index (χ3v) is 3.89. The number of imidazole rings is 1. The number of aromatic amines is 1. The van der Waals surface area contributed by atoms with Crippen LogP contribution in [0.2, 0.25) is 5.02 Å². The van der Waals surface area contributed by atoms with Crippen molar-refractivity contribution in [2.24, 2.45) is 5.92 Å². The molecule has 0 aliphatic rings. The molecule has 0 amide bonds. The molecule has 0 atom stereocenters. The summed E-state index contributed by atoms with van der Waals surface area (Å²) in [6, 6.07) is 5.85. The monoisotopic (exact) mass is 268 g/mol. The first kappa shape index (κ1) is 12.7. The number of hydrogen-bond acceptors (Lipinski definition) is 1. The minimum absolute atomic E-state index is 0.666. The van der Waals surface area contributed by atoms with Crippen molar-refractivity contribution in [3.05, 3.63) is 28.0 Å². The van der Waals surface area contributed by atoms with Crippen molar-refractivity contribution < 1.29 is 0 Å². The minimum Gasteiger partial charge on any atom is -0.331 e. The van der Waals surface area contributed by atoms with Crippen LogP contribution in [0.5, 0.6) is 0 Å². The first-order valence-corrected chi connectivity index (χ1v) is 6.82. The number of benzene rings is 1. The van der Waals surface area contributed by atoms with Crippen LogP contribution in [0.3, 0.4) is 0 Å². The van der Waals surface area contributed by atoms with E-state index in [1.807, 2.05) is 18.2 Å². The minimum atomic E-state index is 0.666.